The van der Waals surface area contributed by atoms with Crippen molar-refractivity contribution < 1.29 is 28.7 Å². The summed E-state index contributed by atoms with van der Waals surface area (Å²) in [6.45, 7) is 0.818. The normalized spacial score (nSPS) is 18.2. The number of methoxy groups -OCH3 is 2. The van der Waals surface area contributed by atoms with E-state index in [4.69, 9.17) is 25.6 Å². The Kier molecular flexibility index (Phi) is 7.13. The summed E-state index contributed by atoms with van der Waals surface area (Å²) in [6, 6.07) is 6.31. The first-order chi connectivity index (χ1) is 15.9. The van der Waals surface area contributed by atoms with E-state index in [1.807, 2.05) is 6.07 Å². The lowest BCUT2D eigenvalue weighted by Crippen LogP contribution is -2.45. The first-order valence-corrected chi connectivity index (χ1v) is 11.4. The largest absolute Gasteiger partial charge is 0.476 e. The van der Waals surface area contributed by atoms with Gasteiger partial charge in [0, 0.05) is 26.4 Å². The van der Waals surface area contributed by atoms with Crippen molar-refractivity contribution in [1.82, 2.24) is 19.8 Å². The molecule has 2 unspecified atom stereocenters. The minimum atomic E-state index is -1.22. The molecule has 33 heavy (non-hydrogen) atoms. The van der Waals surface area contributed by atoms with Gasteiger partial charge in [-0.05, 0) is 25.0 Å². The molecule has 0 bridgehead atoms. The summed E-state index contributed by atoms with van der Waals surface area (Å²) in [6.07, 6.45) is 1.53. The molecule has 1 fully saturated rings. The third-order valence-corrected chi connectivity index (χ3v) is 6.72. The third kappa shape index (κ3) is 4.96. The highest BCUT2D eigenvalue weighted by Crippen LogP contribution is 2.32. The van der Waals surface area contributed by atoms with E-state index in [0.717, 1.165) is 17.7 Å². The van der Waals surface area contributed by atoms with E-state index in [2.05, 4.69) is 10.3 Å². The van der Waals surface area contributed by atoms with E-state index in [9.17, 15) is 14.7 Å². The van der Waals surface area contributed by atoms with Crippen LogP contribution in [0.5, 0.6) is 0 Å². The number of carboxylic acids is 1. The molecule has 0 aliphatic carbocycles. The predicted molar refractivity (Wildman–Crippen MR) is 120 cm³/mol. The molecule has 1 aliphatic rings. The fraction of sp³-hybridized carbons (Fsp3) is 0.429. The number of amides is 1. The highest BCUT2D eigenvalue weighted by atomic mass is 35.5. The van der Waals surface area contributed by atoms with E-state index in [1.54, 1.807) is 31.3 Å². The fourth-order valence-electron chi connectivity index (χ4n) is 4.05. The maximum atomic E-state index is 13.6. The Hall–Kier alpha value is -2.73. The highest BCUT2D eigenvalue weighted by molar-refractivity contribution is 7.19. The van der Waals surface area contributed by atoms with Gasteiger partial charge in [-0.3, -0.25) is 9.48 Å². The first-order valence-electron chi connectivity index (χ1n) is 10.2. The second-order valence-electron chi connectivity index (χ2n) is 7.67. The number of rotatable bonds is 9. The zero-order chi connectivity index (χ0) is 23.5. The first kappa shape index (κ1) is 23.4. The standard InChI is InChI=1S/C21H23ClN4O6S/c1-30-10-13-3-4-14(11-31-2)26(13)20(27)16-8-15(21(28)29)23-25(16)9-12-7-17(32-24-12)18-5-6-19(22)33-18/h5-8,13-14H,3-4,9-11H2,1-2H3,(H,28,29). The summed E-state index contributed by atoms with van der Waals surface area (Å²) in [5.74, 6) is -1.02. The van der Waals surface area contributed by atoms with Crippen LogP contribution in [-0.2, 0) is 16.0 Å². The van der Waals surface area contributed by atoms with E-state index in [-0.39, 0.29) is 35.9 Å². The Morgan fingerprint density at radius 1 is 1.21 bits per heavy atom. The second-order valence-corrected chi connectivity index (χ2v) is 9.39. The van der Waals surface area contributed by atoms with Crippen molar-refractivity contribution >= 4 is 34.8 Å². The van der Waals surface area contributed by atoms with Crippen molar-refractivity contribution in [3.63, 3.8) is 0 Å². The monoisotopic (exact) mass is 494 g/mol. The molecule has 176 valence electrons. The number of ether oxygens (including phenoxy) is 2. The van der Waals surface area contributed by atoms with Gasteiger partial charge in [0.2, 0.25) is 0 Å². The molecule has 1 saturated heterocycles. The lowest BCUT2D eigenvalue weighted by atomic mass is 10.2. The number of carbonyl (C=O) groups is 2. The van der Waals surface area contributed by atoms with Gasteiger partial charge < -0.3 is 24.0 Å². The smallest absolute Gasteiger partial charge is 0.356 e. The molecular weight excluding hydrogens is 472 g/mol. The van der Waals surface area contributed by atoms with Crippen LogP contribution in [0.1, 0.15) is 39.5 Å². The number of thiophene rings is 1. The van der Waals surface area contributed by atoms with Crippen molar-refractivity contribution in [2.45, 2.75) is 31.5 Å². The van der Waals surface area contributed by atoms with Gasteiger partial charge in [-0.2, -0.15) is 5.10 Å². The molecule has 0 saturated carbocycles. The Balaban J connectivity index is 1.64. The minimum absolute atomic E-state index is 0.0642. The average molecular weight is 495 g/mol. The van der Waals surface area contributed by atoms with Crippen molar-refractivity contribution in [3.8, 4) is 10.6 Å². The summed E-state index contributed by atoms with van der Waals surface area (Å²) in [5, 5.41) is 17.7. The Morgan fingerprint density at radius 3 is 2.48 bits per heavy atom. The number of halogens is 1. The van der Waals surface area contributed by atoms with Gasteiger partial charge in [0.05, 0.1) is 41.1 Å². The summed E-state index contributed by atoms with van der Waals surface area (Å²) in [5.41, 5.74) is 0.421. The van der Waals surface area contributed by atoms with Crippen molar-refractivity contribution in [2.24, 2.45) is 0 Å². The predicted octanol–water partition coefficient (Wildman–Crippen LogP) is 3.27. The topological polar surface area (TPSA) is 120 Å². The second kappa shape index (κ2) is 10.0. The van der Waals surface area contributed by atoms with Crippen LogP contribution in [0.15, 0.2) is 28.8 Å². The van der Waals surface area contributed by atoms with Gasteiger partial charge in [0.25, 0.3) is 5.91 Å². The molecule has 1 aliphatic heterocycles. The Bertz CT molecular complexity index is 1130. The maximum absolute atomic E-state index is 13.6. The molecule has 3 aromatic rings. The molecule has 10 nitrogen and oxygen atoms in total. The minimum Gasteiger partial charge on any atom is -0.476 e. The highest BCUT2D eigenvalue weighted by Gasteiger charge is 2.39. The maximum Gasteiger partial charge on any atom is 0.356 e. The van der Waals surface area contributed by atoms with E-state index in [0.29, 0.717) is 29.0 Å². The van der Waals surface area contributed by atoms with Crippen LogP contribution in [0, 0.1) is 0 Å². The molecule has 12 heteroatoms. The zero-order valence-corrected chi connectivity index (χ0v) is 19.6. The lowest BCUT2D eigenvalue weighted by Gasteiger charge is -2.29. The van der Waals surface area contributed by atoms with Gasteiger partial charge in [0.15, 0.2) is 11.5 Å². The van der Waals surface area contributed by atoms with E-state index < -0.39 is 5.97 Å². The molecule has 0 spiro atoms. The number of carboxylic acid groups (broad SMARTS) is 1. The Morgan fingerprint density at radius 2 is 1.91 bits per heavy atom. The van der Waals surface area contributed by atoms with E-state index >= 15 is 0 Å². The number of likely N-dealkylation sites (tertiary alicyclic amines) is 1. The summed E-state index contributed by atoms with van der Waals surface area (Å²) >= 11 is 7.34. The van der Waals surface area contributed by atoms with Crippen LogP contribution in [0.3, 0.4) is 0 Å². The zero-order valence-electron chi connectivity index (χ0n) is 18.1. The molecule has 4 rings (SSSR count). The number of hydrogen-bond donors (Lipinski definition) is 1. The van der Waals surface area contributed by atoms with Gasteiger partial charge in [-0.1, -0.05) is 16.8 Å². The van der Waals surface area contributed by atoms with Gasteiger partial charge >= 0.3 is 5.97 Å². The molecule has 2 atom stereocenters. The number of hydrogen-bond acceptors (Lipinski definition) is 8. The van der Waals surface area contributed by atoms with Crippen LogP contribution >= 0.6 is 22.9 Å². The summed E-state index contributed by atoms with van der Waals surface area (Å²) < 4.78 is 18.0. The van der Waals surface area contributed by atoms with Crippen LogP contribution in [0.2, 0.25) is 4.34 Å². The van der Waals surface area contributed by atoms with E-state index in [1.165, 1.54) is 22.1 Å². The van der Waals surface area contributed by atoms with Crippen molar-refractivity contribution in [2.75, 3.05) is 27.4 Å². The molecule has 3 aromatic heterocycles. The van der Waals surface area contributed by atoms with Crippen molar-refractivity contribution in [1.29, 1.82) is 0 Å². The molecule has 1 N–H and O–H groups in total. The summed E-state index contributed by atoms with van der Waals surface area (Å²) in [4.78, 5) is 27.7. The summed E-state index contributed by atoms with van der Waals surface area (Å²) in [7, 11) is 3.17. The molecular formula is C21H23ClN4O6S. The fourth-order valence-corrected chi connectivity index (χ4v) is 5.05. The molecule has 4 heterocycles. The van der Waals surface area contributed by atoms with Gasteiger partial charge in [0.1, 0.15) is 11.4 Å². The third-order valence-electron chi connectivity index (χ3n) is 5.48. The van der Waals surface area contributed by atoms with Crippen molar-refractivity contribution in [3.05, 3.63) is 45.7 Å². The van der Waals surface area contributed by atoms with Crippen LogP contribution in [-0.4, -0.2) is 76.3 Å². The molecule has 1 amide bonds. The van der Waals surface area contributed by atoms with Gasteiger partial charge in [-0.25, -0.2) is 4.79 Å². The van der Waals surface area contributed by atoms with Gasteiger partial charge in [-0.15, -0.1) is 11.3 Å². The lowest BCUT2D eigenvalue weighted by molar-refractivity contribution is 0.0410. The van der Waals surface area contributed by atoms with Crippen LogP contribution in [0.4, 0.5) is 0 Å². The number of carbonyl (C=O) groups excluding carboxylic acids is 1. The van der Waals surface area contributed by atoms with Crippen LogP contribution < -0.4 is 0 Å². The Labute approximate surface area is 198 Å². The number of nitrogens with zero attached hydrogens (tertiary/aromatic N) is 4. The quantitative estimate of drug-likeness (QED) is 0.481. The SMILES string of the molecule is COCC1CCC(COC)N1C(=O)c1cc(C(=O)O)nn1Cc1cc(-c2ccc(Cl)s2)on1. The number of aromatic carboxylic acids is 1. The van der Waals surface area contributed by atoms with Crippen LogP contribution in [0.25, 0.3) is 10.6 Å². The number of aromatic nitrogens is 3. The average Bonchev–Trinajstić information content (AvgIpc) is 3.56. The molecule has 0 radical (unpaired) electrons. The molecule has 0 aromatic carbocycles.